The Morgan fingerprint density at radius 1 is 1.21 bits per heavy atom. The van der Waals surface area contributed by atoms with Crippen molar-refractivity contribution < 1.29 is 14.7 Å². The van der Waals surface area contributed by atoms with E-state index in [1.165, 1.54) is 5.69 Å². The van der Waals surface area contributed by atoms with Crippen molar-refractivity contribution in [3.8, 4) is 0 Å². The molecule has 178 valence electrons. The number of nitrogens with zero attached hydrogens (tertiary/aromatic N) is 3. The van der Waals surface area contributed by atoms with Crippen LogP contribution in [0.4, 0.5) is 0 Å². The van der Waals surface area contributed by atoms with Crippen molar-refractivity contribution >= 4 is 28.6 Å². The fourth-order valence-corrected chi connectivity index (χ4v) is 5.65. The highest BCUT2D eigenvalue weighted by atomic mass is 16.4. The van der Waals surface area contributed by atoms with Gasteiger partial charge in [-0.3, -0.25) is 19.9 Å². The monoisotopic (exact) mass is 453 g/mol. The first kappa shape index (κ1) is 23.3. The standard InChI is InChI=1S/C25H35N5O3/c1-3-28-20(14-17-8-9-18(23(26)27)15-22(17)28)11-10-19-6-4-13-30(19)24(31)21-7-5-12-29(21)16(2)25(32)33/h8-9,14-16,19,21H,3-7,10-13H2,1-2H3,(H3,26,27)(H,32,33)/t16?,19-,21+/m0/s1. The number of rotatable bonds is 8. The maximum Gasteiger partial charge on any atom is 0.320 e. The maximum absolute atomic E-state index is 13.4. The molecule has 2 saturated heterocycles. The number of nitrogens with one attached hydrogen (secondary N) is 1. The van der Waals surface area contributed by atoms with Crippen LogP contribution in [0.15, 0.2) is 24.3 Å². The van der Waals surface area contributed by atoms with Crippen LogP contribution in [0, 0.1) is 5.41 Å². The molecule has 33 heavy (non-hydrogen) atoms. The average Bonchev–Trinajstić information content (AvgIpc) is 3.53. The van der Waals surface area contributed by atoms with Crippen LogP contribution < -0.4 is 5.73 Å². The third kappa shape index (κ3) is 4.49. The lowest BCUT2D eigenvalue weighted by atomic mass is 10.1. The minimum absolute atomic E-state index is 0.0700. The molecule has 0 aliphatic carbocycles. The lowest BCUT2D eigenvalue weighted by molar-refractivity contribution is -0.146. The van der Waals surface area contributed by atoms with Gasteiger partial charge in [-0.15, -0.1) is 0 Å². The van der Waals surface area contributed by atoms with E-state index in [9.17, 15) is 14.7 Å². The summed E-state index contributed by atoms with van der Waals surface area (Å²) < 4.78 is 2.27. The molecule has 1 amide bonds. The largest absolute Gasteiger partial charge is 0.480 e. The molecule has 2 fully saturated rings. The van der Waals surface area contributed by atoms with E-state index in [-0.39, 0.29) is 23.8 Å². The number of nitrogens with two attached hydrogens (primary N) is 1. The number of nitrogen functional groups attached to an aromatic ring is 1. The number of amides is 1. The summed E-state index contributed by atoms with van der Waals surface area (Å²) in [6, 6.07) is 7.33. The third-order valence-electron chi connectivity index (χ3n) is 7.45. The smallest absolute Gasteiger partial charge is 0.320 e. The van der Waals surface area contributed by atoms with Crippen LogP contribution in [0.25, 0.3) is 10.9 Å². The summed E-state index contributed by atoms with van der Waals surface area (Å²) in [7, 11) is 0. The fourth-order valence-electron chi connectivity index (χ4n) is 5.65. The van der Waals surface area contributed by atoms with Crippen molar-refractivity contribution in [3.63, 3.8) is 0 Å². The van der Waals surface area contributed by atoms with Crippen molar-refractivity contribution in [3.05, 3.63) is 35.5 Å². The van der Waals surface area contributed by atoms with E-state index in [1.54, 1.807) is 6.92 Å². The number of aliphatic carboxylic acids is 1. The molecule has 1 aromatic carbocycles. The Morgan fingerprint density at radius 3 is 2.67 bits per heavy atom. The van der Waals surface area contributed by atoms with E-state index in [0.717, 1.165) is 68.1 Å². The van der Waals surface area contributed by atoms with Gasteiger partial charge >= 0.3 is 5.97 Å². The van der Waals surface area contributed by atoms with Crippen LogP contribution in [-0.2, 0) is 22.6 Å². The lowest BCUT2D eigenvalue weighted by Crippen LogP contribution is -2.51. The van der Waals surface area contributed by atoms with Gasteiger partial charge in [0.1, 0.15) is 11.9 Å². The summed E-state index contributed by atoms with van der Waals surface area (Å²) in [5, 5.41) is 18.3. The summed E-state index contributed by atoms with van der Waals surface area (Å²) in [6.07, 6.45) is 5.35. The second-order valence-corrected chi connectivity index (χ2v) is 9.34. The van der Waals surface area contributed by atoms with Gasteiger partial charge in [0.05, 0.1) is 6.04 Å². The highest BCUT2D eigenvalue weighted by Gasteiger charge is 2.41. The molecule has 3 atom stereocenters. The molecule has 0 spiro atoms. The lowest BCUT2D eigenvalue weighted by Gasteiger charge is -2.33. The average molecular weight is 454 g/mol. The molecule has 8 nitrogen and oxygen atoms in total. The molecular weight excluding hydrogens is 418 g/mol. The van der Waals surface area contributed by atoms with Crippen LogP contribution in [0.5, 0.6) is 0 Å². The Kier molecular flexibility index (Phi) is 6.74. The van der Waals surface area contributed by atoms with Crippen LogP contribution in [0.1, 0.15) is 57.2 Å². The Bertz CT molecular complexity index is 1060. The number of hydrogen-bond acceptors (Lipinski definition) is 4. The number of aryl methyl sites for hydroxylation is 2. The van der Waals surface area contributed by atoms with E-state index in [1.807, 2.05) is 28.0 Å². The van der Waals surface area contributed by atoms with E-state index in [2.05, 4.69) is 17.6 Å². The van der Waals surface area contributed by atoms with Crippen LogP contribution in [-0.4, -0.2) is 68.4 Å². The molecule has 0 radical (unpaired) electrons. The van der Waals surface area contributed by atoms with Crippen molar-refractivity contribution in [2.24, 2.45) is 5.73 Å². The van der Waals surface area contributed by atoms with Crippen molar-refractivity contribution in [1.29, 1.82) is 5.41 Å². The fraction of sp³-hybridized carbons (Fsp3) is 0.560. The van der Waals surface area contributed by atoms with Crippen molar-refractivity contribution in [1.82, 2.24) is 14.4 Å². The first-order chi connectivity index (χ1) is 15.8. The Labute approximate surface area is 194 Å². The van der Waals surface area contributed by atoms with Gasteiger partial charge in [0.15, 0.2) is 0 Å². The minimum atomic E-state index is -0.868. The second-order valence-electron chi connectivity index (χ2n) is 9.34. The van der Waals surface area contributed by atoms with Gasteiger partial charge in [0.25, 0.3) is 0 Å². The van der Waals surface area contributed by atoms with E-state index >= 15 is 0 Å². The Morgan fingerprint density at radius 2 is 1.97 bits per heavy atom. The molecule has 4 rings (SSSR count). The molecule has 1 aromatic heterocycles. The predicted molar refractivity (Wildman–Crippen MR) is 129 cm³/mol. The maximum atomic E-state index is 13.4. The molecule has 4 N–H and O–H groups in total. The summed E-state index contributed by atoms with van der Waals surface area (Å²) >= 11 is 0. The van der Waals surface area contributed by atoms with Crippen molar-refractivity contribution in [2.75, 3.05) is 13.1 Å². The summed E-state index contributed by atoms with van der Waals surface area (Å²) in [5.41, 5.74) is 8.73. The molecule has 8 heteroatoms. The Hall–Kier alpha value is -2.87. The van der Waals surface area contributed by atoms with E-state index in [4.69, 9.17) is 11.1 Å². The Balaban J connectivity index is 1.48. The topological polar surface area (TPSA) is 116 Å². The van der Waals surface area contributed by atoms with Gasteiger partial charge in [0, 0.05) is 35.9 Å². The van der Waals surface area contributed by atoms with Crippen molar-refractivity contribution in [2.45, 2.75) is 77.0 Å². The highest BCUT2D eigenvalue weighted by Crippen LogP contribution is 2.29. The van der Waals surface area contributed by atoms with Gasteiger partial charge in [-0.1, -0.05) is 12.1 Å². The van der Waals surface area contributed by atoms with Gasteiger partial charge in [0.2, 0.25) is 5.91 Å². The summed E-state index contributed by atoms with van der Waals surface area (Å²) in [5.74, 6) is -0.696. The molecule has 2 aromatic rings. The van der Waals surface area contributed by atoms with Gasteiger partial charge in [-0.2, -0.15) is 0 Å². The number of amidine groups is 1. The number of aromatic nitrogens is 1. The molecule has 0 saturated carbocycles. The quantitative estimate of drug-likeness (QED) is 0.420. The number of hydrogen-bond donors (Lipinski definition) is 3. The normalized spacial score (nSPS) is 22.2. The van der Waals surface area contributed by atoms with Crippen LogP contribution >= 0.6 is 0 Å². The molecule has 2 aliphatic rings. The minimum Gasteiger partial charge on any atom is -0.480 e. The van der Waals surface area contributed by atoms with E-state index < -0.39 is 12.0 Å². The zero-order valence-electron chi connectivity index (χ0n) is 19.6. The molecule has 3 heterocycles. The zero-order valence-corrected chi connectivity index (χ0v) is 19.6. The molecule has 0 bridgehead atoms. The van der Waals surface area contributed by atoms with Gasteiger partial charge < -0.3 is 20.3 Å². The van der Waals surface area contributed by atoms with Crippen LogP contribution in [0.2, 0.25) is 0 Å². The number of carboxylic acids is 1. The SMILES string of the molecule is CCn1c(CC[C@@H]2CCCN2C(=O)[C@H]2CCCN2C(C)C(=O)O)cc2ccc(C(=N)N)cc21. The van der Waals surface area contributed by atoms with Gasteiger partial charge in [-0.05, 0) is 76.4 Å². The molecule has 1 unspecified atom stereocenters. The second kappa shape index (κ2) is 9.55. The number of carboxylic acid groups (broad SMARTS) is 1. The number of likely N-dealkylation sites (tertiary alicyclic amines) is 2. The summed E-state index contributed by atoms with van der Waals surface area (Å²) in [4.78, 5) is 28.8. The molecule has 2 aliphatic heterocycles. The number of fused-ring (bicyclic) bond motifs is 1. The number of benzene rings is 1. The third-order valence-corrected chi connectivity index (χ3v) is 7.45. The highest BCUT2D eigenvalue weighted by molar-refractivity contribution is 5.98. The van der Waals surface area contributed by atoms with Crippen LogP contribution in [0.3, 0.4) is 0 Å². The number of carbonyl (C=O) groups excluding carboxylic acids is 1. The van der Waals surface area contributed by atoms with E-state index in [0.29, 0.717) is 6.54 Å². The summed E-state index contributed by atoms with van der Waals surface area (Å²) in [6.45, 7) is 6.05. The predicted octanol–water partition coefficient (Wildman–Crippen LogP) is 2.81. The van der Waals surface area contributed by atoms with Gasteiger partial charge in [-0.25, -0.2) is 0 Å². The zero-order chi connectivity index (χ0) is 23.7. The molecular formula is C25H35N5O3. The first-order valence-corrected chi connectivity index (χ1v) is 12.1. The first-order valence-electron chi connectivity index (χ1n) is 12.1. The number of carbonyl (C=O) groups is 2.